The Labute approximate surface area is 253 Å². The smallest absolute Gasteiger partial charge is 0.320 e. The standard InChI is InChI=1S/C25H28FN6O6P.C2H6.CH2F2/c1-14(2)36-21(33)11-29-39(38-17-8-7-15-5-3-4-6-16(15)9-17)35-12-19-18(26)10-20(37-19)32-13-28-22-23(32)30-25(27)31-24(22)34;1-2;2-1-3/h3-9,13-14,18-20,29H,10-12H2,1-2H3,(H3,27,30,31,34);1-2H3;1H2. The molecule has 2 aromatic carbocycles. The summed E-state index contributed by atoms with van der Waals surface area (Å²) in [6.07, 6.45) is -2.01. The van der Waals surface area contributed by atoms with Gasteiger partial charge in [0, 0.05) is 6.42 Å². The summed E-state index contributed by atoms with van der Waals surface area (Å²) < 4.78 is 58.8. The molecule has 44 heavy (non-hydrogen) atoms. The number of ether oxygens (including phenoxy) is 2. The monoisotopic (exact) mass is 640 g/mol. The number of carbonyl (C=O) groups excluding carboxylic acids is 1. The maximum absolute atomic E-state index is 15.0. The number of nitrogen functional groups attached to an aromatic ring is 1. The van der Waals surface area contributed by atoms with Gasteiger partial charge in [0.05, 0.1) is 19.0 Å². The van der Waals surface area contributed by atoms with Crippen LogP contribution in [0.15, 0.2) is 53.6 Å². The van der Waals surface area contributed by atoms with E-state index in [2.05, 4.69) is 20.0 Å². The van der Waals surface area contributed by atoms with Crippen molar-refractivity contribution in [2.75, 3.05) is 25.8 Å². The van der Waals surface area contributed by atoms with E-state index >= 15 is 4.39 Å². The molecule has 1 saturated heterocycles. The minimum Gasteiger partial charge on any atom is -0.462 e. The summed E-state index contributed by atoms with van der Waals surface area (Å²) in [5.41, 5.74) is 5.44. The van der Waals surface area contributed by atoms with Gasteiger partial charge in [-0.15, -0.1) is 0 Å². The van der Waals surface area contributed by atoms with Crippen LogP contribution in [0.4, 0.5) is 19.1 Å². The first-order chi connectivity index (χ1) is 21.2. The number of aromatic amines is 1. The van der Waals surface area contributed by atoms with E-state index < -0.39 is 45.5 Å². The number of hydrogen-bond donors (Lipinski definition) is 3. The highest BCUT2D eigenvalue weighted by Gasteiger charge is 2.38. The summed E-state index contributed by atoms with van der Waals surface area (Å²) in [6, 6.07) is 13.4. The molecule has 0 saturated carbocycles. The predicted octanol–water partition coefficient (Wildman–Crippen LogP) is 5.25. The number of imidazole rings is 1. The second-order valence-corrected chi connectivity index (χ2v) is 10.6. The van der Waals surface area contributed by atoms with Gasteiger partial charge >= 0.3 is 14.5 Å². The average molecular weight is 641 g/mol. The Morgan fingerprint density at radius 3 is 2.64 bits per heavy atom. The van der Waals surface area contributed by atoms with Crippen LogP contribution in [0.5, 0.6) is 5.75 Å². The van der Waals surface area contributed by atoms with E-state index in [1.165, 1.54) is 10.9 Å². The summed E-state index contributed by atoms with van der Waals surface area (Å²) in [4.78, 5) is 34.7. The number of aromatic nitrogens is 4. The van der Waals surface area contributed by atoms with Crippen molar-refractivity contribution in [2.24, 2.45) is 0 Å². The molecule has 4 N–H and O–H groups in total. The number of alkyl halides is 3. The number of benzene rings is 2. The van der Waals surface area contributed by atoms with E-state index in [4.69, 9.17) is 24.3 Å². The number of carbonyl (C=O) groups is 1. The van der Waals surface area contributed by atoms with Crippen molar-refractivity contribution in [3.63, 3.8) is 0 Å². The zero-order valence-electron chi connectivity index (χ0n) is 24.7. The van der Waals surface area contributed by atoms with Gasteiger partial charge < -0.3 is 24.3 Å². The number of esters is 1. The molecule has 240 valence electrons. The maximum atomic E-state index is 15.0. The molecule has 12 nitrogen and oxygen atoms in total. The highest BCUT2D eigenvalue weighted by atomic mass is 31.2. The van der Waals surface area contributed by atoms with Gasteiger partial charge in [0.15, 0.2) is 11.2 Å². The van der Waals surface area contributed by atoms with Crippen LogP contribution in [0.25, 0.3) is 21.9 Å². The SMILES string of the molecule is CC.CC(C)OC(=O)CNP(OCC1OC(n2cnc3c(=O)[nH]c(N)nc32)CC1F)Oc1ccc2ccccc2c1.FCF. The molecule has 4 unspecified atom stereocenters. The third kappa shape index (κ3) is 9.36. The molecule has 4 aromatic rings. The minimum atomic E-state index is -1.87. The predicted molar refractivity (Wildman–Crippen MR) is 161 cm³/mol. The molecule has 0 aliphatic carbocycles. The van der Waals surface area contributed by atoms with Crippen LogP contribution >= 0.6 is 8.53 Å². The number of halogens is 3. The lowest BCUT2D eigenvalue weighted by Crippen LogP contribution is -2.28. The van der Waals surface area contributed by atoms with Crippen molar-refractivity contribution >= 4 is 42.4 Å². The van der Waals surface area contributed by atoms with Crippen LogP contribution in [0.2, 0.25) is 0 Å². The molecule has 4 atom stereocenters. The molecule has 16 heteroatoms. The molecule has 5 rings (SSSR count). The molecule has 1 aliphatic rings. The van der Waals surface area contributed by atoms with E-state index in [1.54, 1.807) is 19.9 Å². The molecule has 0 bridgehead atoms. The average Bonchev–Trinajstić information content (AvgIpc) is 3.58. The lowest BCUT2D eigenvalue weighted by Gasteiger charge is -2.21. The fourth-order valence-electron chi connectivity index (χ4n) is 4.16. The number of nitrogens with two attached hydrogens (primary N) is 1. The van der Waals surface area contributed by atoms with Crippen LogP contribution in [0.3, 0.4) is 0 Å². The zero-order valence-corrected chi connectivity index (χ0v) is 25.6. The lowest BCUT2D eigenvalue weighted by molar-refractivity contribution is -0.145. The molecule has 1 aliphatic heterocycles. The molecule has 2 aromatic heterocycles. The normalized spacial score (nSPS) is 18.3. The summed E-state index contributed by atoms with van der Waals surface area (Å²) >= 11 is 0. The Morgan fingerprint density at radius 2 is 1.93 bits per heavy atom. The van der Waals surface area contributed by atoms with Crippen LogP contribution in [-0.4, -0.2) is 63.9 Å². The first kappa shape index (κ1) is 34.7. The van der Waals surface area contributed by atoms with Crippen molar-refractivity contribution in [1.82, 2.24) is 24.6 Å². The van der Waals surface area contributed by atoms with Gasteiger partial charge in [-0.25, -0.2) is 23.2 Å². The second-order valence-electron chi connectivity index (χ2n) is 9.28. The Morgan fingerprint density at radius 1 is 1.23 bits per heavy atom. The van der Waals surface area contributed by atoms with Gasteiger partial charge in [-0.3, -0.25) is 19.1 Å². The summed E-state index contributed by atoms with van der Waals surface area (Å²) in [5.74, 6) is -0.0368. The van der Waals surface area contributed by atoms with E-state index in [-0.39, 0.29) is 42.8 Å². The van der Waals surface area contributed by atoms with E-state index in [9.17, 15) is 18.4 Å². The third-order valence-corrected chi connectivity index (χ3v) is 7.08. The fourth-order valence-corrected chi connectivity index (χ4v) is 5.22. The lowest BCUT2D eigenvalue weighted by atomic mass is 10.1. The van der Waals surface area contributed by atoms with Crippen molar-refractivity contribution < 1.29 is 36.5 Å². The Bertz CT molecular complexity index is 1560. The second kappa shape index (κ2) is 16.9. The number of anilines is 1. The minimum absolute atomic E-state index is 0.00846. The van der Waals surface area contributed by atoms with Crippen molar-refractivity contribution in [1.29, 1.82) is 0 Å². The number of nitrogens with zero attached hydrogens (tertiary/aromatic N) is 3. The highest BCUT2D eigenvalue weighted by molar-refractivity contribution is 7.45. The number of hydrogen-bond acceptors (Lipinski definition) is 10. The maximum Gasteiger partial charge on any atom is 0.320 e. The van der Waals surface area contributed by atoms with Gasteiger partial charge in [-0.1, -0.05) is 44.2 Å². The largest absolute Gasteiger partial charge is 0.462 e. The summed E-state index contributed by atoms with van der Waals surface area (Å²) in [6.45, 7) is 5.43. The zero-order chi connectivity index (χ0) is 32.2. The number of rotatable bonds is 10. The number of H-pyrrole nitrogens is 1. The summed E-state index contributed by atoms with van der Waals surface area (Å²) in [5, 5.41) is 4.94. The van der Waals surface area contributed by atoms with Gasteiger partial charge in [0.25, 0.3) is 5.56 Å². The number of fused-ring (bicyclic) bond motifs is 2. The Hall–Kier alpha value is -3.78. The highest BCUT2D eigenvalue weighted by Crippen LogP contribution is 2.39. The van der Waals surface area contributed by atoms with Crippen molar-refractivity contribution in [3.8, 4) is 5.75 Å². The van der Waals surface area contributed by atoms with E-state index in [0.717, 1.165) is 10.8 Å². The number of nitrogens with one attached hydrogen (secondary N) is 2. The van der Waals surface area contributed by atoms with Crippen molar-refractivity contribution in [3.05, 3.63) is 59.1 Å². The Kier molecular flexibility index (Phi) is 13.3. The summed E-state index contributed by atoms with van der Waals surface area (Å²) in [7, 11) is -1.87. The molecule has 1 fully saturated rings. The Balaban J connectivity index is 0.000000997. The third-order valence-electron chi connectivity index (χ3n) is 5.91. The van der Waals surface area contributed by atoms with Gasteiger partial charge in [-0.05, 0) is 36.8 Å². The fraction of sp³-hybridized carbons (Fsp3) is 0.429. The first-order valence-electron chi connectivity index (χ1n) is 13.8. The van der Waals surface area contributed by atoms with Crippen molar-refractivity contribution in [2.45, 2.75) is 58.7 Å². The van der Waals surface area contributed by atoms with E-state index in [1.807, 2.05) is 50.2 Å². The van der Waals surface area contributed by atoms with Gasteiger partial charge in [0.2, 0.25) is 12.9 Å². The molecular formula is C28H36F3N6O6P. The molecule has 0 radical (unpaired) electrons. The van der Waals surface area contributed by atoms with Gasteiger partial charge in [0.1, 0.15) is 30.8 Å². The van der Waals surface area contributed by atoms with Gasteiger partial charge in [-0.2, -0.15) is 4.98 Å². The van der Waals surface area contributed by atoms with E-state index in [0.29, 0.717) is 5.75 Å². The topological polar surface area (TPSA) is 156 Å². The van der Waals surface area contributed by atoms with Crippen LogP contribution in [-0.2, 0) is 18.8 Å². The van der Waals surface area contributed by atoms with Crippen LogP contribution in [0.1, 0.15) is 40.3 Å². The molecular weight excluding hydrogens is 604 g/mol. The molecule has 3 heterocycles. The first-order valence-corrected chi connectivity index (χ1v) is 15.0. The van der Waals surface area contributed by atoms with Crippen LogP contribution in [0, 0.1) is 0 Å². The molecule has 0 amide bonds. The quantitative estimate of drug-likeness (QED) is 0.155. The molecule has 0 spiro atoms. The van der Waals surface area contributed by atoms with Crippen LogP contribution < -0.4 is 20.9 Å².